The van der Waals surface area contributed by atoms with Crippen LogP contribution >= 0.6 is 22.9 Å². The largest absolute Gasteiger partial charge is 0.493 e. The SMILES string of the molecule is CCOC(=O)C1=C(c2ccccc2)N=c2s/c(=C/c3ccccc3OCc3ccc(Cl)cc3)c(=O)n2[C@@H]1c1ccc(OC)c(OC)c1. The second-order valence-corrected chi connectivity index (χ2v) is 11.9. The van der Waals surface area contributed by atoms with Crippen molar-refractivity contribution in [1.29, 1.82) is 0 Å². The van der Waals surface area contributed by atoms with Gasteiger partial charge in [0.15, 0.2) is 16.3 Å². The minimum atomic E-state index is -0.862. The second-order valence-electron chi connectivity index (χ2n) is 10.5. The van der Waals surface area contributed by atoms with E-state index in [1.807, 2.05) is 84.9 Å². The minimum Gasteiger partial charge on any atom is -0.493 e. The molecule has 5 aromatic rings. The highest BCUT2D eigenvalue weighted by Crippen LogP contribution is 2.38. The Bertz CT molecular complexity index is 2140. The van der Waals surface area contributed by atoms with Crippen LogP contribution in [-0.4, -0.2) is 31.4 Å². The van der Waals surface area contributed by atoms with Gasteiger partial charge in [0, 0.05) is 16.1 Å². The molecule has 47 heavy (non-hydrogen) atoms. The lowest BCUT2D eigenvalue weighted by atomic mass is 9.93. The average molecular weight is 667 g/mol. The molecule has 10 heteroatoms. The van der Waals surface area contributed by atoms with Crippen LogP contribution in [0.4, 0.5) is 0 Å². The third-order valence-corrected chi connectivity index (χ3v) is 8.85. The summed E-state index contributed by atoms with van der Waals surface area (Å²) in [5.41, 5.74) is 3.41. The van der Waals surface area contributed by atoms with Crippen molar-refractivity contribution >= 4 is 40.7 Å². The Labute approximate surface area is 280 Å². The van der Waals surface area contributed by atoms with Gasteiger partial charge in [0.1, 0.15) is 12.4 Å². The summed E-state index contributed by atoms with van der Waals surface area (Å²) in [6, 6.07) is 28.8. The summed E-state index contributed by atoms with van der Waals surface area (Å²) in [5, 5.41) is 0.650. The van der Waals surface area contributed by atoms with E-state index in [1.165, 1.54) is 18.4 Å². The van der Waals surface area contributed by atoms with Crippen LogP contribution in [0.2, 0.25) is 5.02 Å². The maximum Gasteiger partial charge on any atom is 0.338 e. The van der Waals surface area contributed by atoms with Gasteiger partial charge in [-0.15, -0.1) is 0 Å². The first-order chi connectivity index (χ1) is 22.9. The van der Waals surface area contributed by atoms with Crippen LogP contribution in [0.25, 0.3) is 11.8 Å². The number of carbonyl (C=O) groups is 1. The fourth-order valence-electron chi connectivity index (χ4n) is 5.39. The molecule has 0 amide bonds. The number of methoxy groups -OCH3 is 2. The number of hydrogen-bond acceptors (Lipinski definition) is 8. The van der Waals surface area contributed by atoms with E-state index in [0.717, 1.165) is 16.7 Å². The lowest BCUT2D eigenvalue weighted by Gasteiger charge is -2.26. The molecule has 1 aliphatic rings. The van der Waals surface area contributed by atoms with Crippen LogP contribution in [0, 0.1) is 0 Å². The van der Waals surface area contributed by atoms with Crippen molar-refractivity contribution in [2.24, 2.45) is 4.99 Å². The van der Waals surface area contributed by atoms with Crippen molar-refractivity contribution in [3.63, 3.8) is 0 Å². The standard InChI is InChI=1S/C37H31ClN2O6S/c1-4-45-36(42)32-33(24-10-6-5-7-11-24)39-37-40(34(32)26-16-19-29(43-2)30(20-26)44-3)35(41)31(47-37)21-25-12-8-9-13-28(25)46-22-23-14-17-27(38)18-15-23/h5-21,34H,4,22H2,1-3H3/b31-21+/t34-/m1/s1. The molecule has 0 aliphatic carbocycles. The van der Waals surface area contributed by atoms with Crippen molar-refractivity contribution in [2.45, 2.75) is 19.6 Å². The Morgan fingerprint density at radius 2 is 1.64 bits per heavy atom. The van der Waals surface area contributed by atoms with Crippen molar-refractivity contribution < 1.29 is 23.7 Å². The van der Waals surface area contributed by atoms with Gasteiger partial charge in [-0.1, -0.05) is 89.7 Å². The lowest BCUT2D eigenvalue weighted by Crippen LogP contribution is -2.40. The van der Waals surface area contributed by atoms with E-state index in [0.29, 0.717) is 49.5 Å². The number of para-hydroxylation sites is 1. The summed E-state index contributed by atoms with van der Waals surface area (Å²) in [6.07, 6.45) is 1.79. The highest BCUT2D eigenvalue weighted by molar-refractivity contribution is 7.07. The van der Waals surface area contributed by atoms with Crippen molar-refractivity contribution in [3.05, 3.63) is 150 Å². The third-order valence-electron chi connectivity index (χ3n) is 7.61. The fraction of sp³-hybridized carbons (Fsp3) is 0.162. The smallest absolute Gasteiger partial charge is 0.338 e. The number of ether oxygens (including phenoxy) is 4. The van der Waals surface area contributed by atoms with E-state index in [4.69, 9.17) is 35.5 Å². The Hall–Kier alpha value is -5.12. The van der Waals surface area contributed by atoms with Crippen molar-refractivity contribution in [3.8, 4) is 17.2 Å². The topological polar surface area (TPSA) is 88.4 Å². The number of halogens is 1. The van der Waals surface area contributed by atoms with Crippen LogP contribution in [0.3, 0.4) is 0 Å². The quantitative estimate of drug-likeness (QED) is 0.165. The molecule has 0 N–H and O–H groups in total. The number of benzene rings is 4. The zero-order valence-corrected chi connectivity index (χ0v) is 27.5. The van der Waals surface area contributed by atoms with E-state index in [1.54, 1.807) is 36.8 Å². The Morgan fingerprint density at radius 3 is 2.36 bits per heavy atom. The van der Waals surface area contributed by atoms with E-state index in [2.05, 4.69) is 0 Å². The fourth-order valence-corrected chi connectivity index (χ4v) is 6.51. The van der Waals surface area contributed by atoms with Crippen LogP contribution in [0.1, 0.15) is 35.2 Å². The highest BCUT2D eigenvalue weighted by atomic mass is 35.5. The maximum atomic E-state index is 14.4. The monoisotopic (exact) mass is 666 g/mol. The lowest BCUT2D eigenvalue weighted by molar-refractivity contribution is -0.138. The molecule has 4 aromatic carbocycles. The van der Waals surface area contributed by atoms with Gasteiger partial charge < -0.3 is 18.9 Å². The molecule has 238 valence electrons. The molecule has 2 heterocycles. The molecular formula is C37H31ClN2O6S. The molecule has 0 radical (unpaired) electrons. The second kappa shape index (κ2) is 14.1. The molecule has 0 saturated carbocycles. The molecule has 0 saturated heterocycles. The first-order valence-electron chi connectivity index (χ1n) is 14.9. The summed E-state index contributed by atoms with van der Waals surface area (Å²) in [6.45, 7) is 2.22. The average Bonchev–Trinajstić information content (AvgIpc) is 3.41. The molecule has 0 unspecified atom stereocenters. The summed E-state index contributed by atoms with van der Waals surface area (Å²) < 4.78 is 24.8. The van der Waals surface area contributed by atoms with Gasteiger partial charge in [0.05, 0.1) is 42.7 Å². The first kappa shape index (κ1) is 31.8. The highest BCUT2D eigenvalue weighted by Gasteiger charge is 2.35. The van der Waals surface area contributed by atoms with Crippen LogP contribution in [0.5, 0.6) is 17.2 Å². The number of thiazole rings is 1. The van der Waals surface area contributed by atoms with Gasteiger partial charge in [-0.05, 0) is 54.5 Å². The number of hydrogen-bond donors (Lipinski definition) is 0. The minimum absolute atomic E-state index is 0.153. The molecule has 0 bridgehead atoms. The summed E-state index contributed by atoms with van der Waals surface area (Å²) in [5.74, 6) is 1.02. The number of rotatable bonds is 10. The normalized spacial score (nSPS) is 14.3. The van der Waals surface area contributed by atoms with Gasteiger partial charge in [-0.2, -0.15) is 0 Å². The Morgan fingerprint density at radius 1 is 0.915 bits per heavy atom. The number of esters is 1. The molecular weight excluding hydrogens is 636 g/mol. The molecule has 0 spiro atoms. The predicted octanol–water partition coefficient (Wildman–Crippen LogP) is 6.19. The van der Waals surface area contributed by atoms with Gasteiger partial charge in [-0.25, -0.2) is 9.79 Å². The molecule has 1 aromatic heterocycles. The number of carbonyl (C=O) groups excluding carboxylic acids is 1. The van der Waals surface area contributed by atoms with Crippen LogP contribution < -0.4 is 29.1 Å². The van der Waals surface area contributed by atoms with Crippen LogP contribution in [0.15, 0.2) is 112 Å². The van der Waals surface area contributed by atoms with Gasteiger partial charge >= 0.3 is 5.97 Å². The van der Waals surface area contributed by atoms with Crippen LogP contribution in [-0.2, 0) is 16.1 Å². The predicted molar refractivity (Wildman–Crippen MR) is 183 cm³/mol. The zero-order chi connectivity index (χ0) is 32.9. The van der Waals surface area contributed by atoms with Gasteiger partial charge in [0.25, 0.3) is 5.56 Å². The summed E-state index contributed by atoms with van der Waals surface area (Å²) >= 11 is 7.28. The molecule has 1 aliphatic heterocycles. The van der Waals surface area contributed by atoms with Gasteiger partial charge in [0.2, 0.25) is 0 Å². The summed E-state index contributed by atoms with van der Waals surface area (Å²) in [7, 11) is 3.09. The van der Waals surface area contributed by atoms with Gasteiger partial charge in [-0.3, -0.25) is 9.36 Å². The van der Waals surface area contributed by atoms with E-state index in [9.17, 15) is 9.59 Å². The third kappa shape index (κ3) is 6.58. The van der Waals surface area contributed by atoms with Crippen molar-refractivity contribution in [2.75, 3.05) is 20.8 Å². The molecule has 0 fully saturated rings. The number of aromatic nitrogens is 1. The summed E-state index contributed by atoms with van der Waals surface area (Å²) in [4.78, 5) is 33.5. The molecule has 6 rings (SSSR count). The number of fused-ring (bicyclic) bond motifs is 1. The molecule has 1 atom stereocenters. The van der Waals surface area contributed by atoms with E-state index >= 15 is 0 Å². The maximum absolute atomic E-state index is 14.4. The van der Waals surface area contributed by atoms with E-state index < -0.39 is 12.0 Å². The molecule has 8 nitrogen and oxygen atoms in total. The van der Waals surface area contributed by atoms with E-state index in [-0.39, 0.29) is 17.7 Å². The zero-order valence-electron chi connectivity index (χ0n) is 25.9. The number of nitrogens with zero attached hydrogens (tertiary/aromatic N) is 2. The first-order valence-corrected chi connectivity index (χ1v) is 16.1. The van der Waals surface area contributed by atoms with Crippen molar-refractivity contribution in [1.82, 2.24) is 4.57 Å². The Balaban J connectivity index is 1.54. The Kier molecular flexibility index (Phi) is 9.56.